The first-order chi connectivity index (χ1) is 12.5. The number of thiazole rings is 1. The molecule has 0 saturated carbocycles. The van der Waals surface area contributed by atoms with Gasteiger partial charge in [-0.2, -0.15) is 0 Å². The van der Waals surface area contributed by atoms with E-state index < -0.39 is 0 Å². The fraction of sp³-hybridized carbons (Fsp3) is 0.300. The highest BCUT2D eigenvalue weighted by atomic mass is 79.9. The number of nitrogens with zero attached hydrogens (tertiary/aromatic N) is 3. The third-order valence-electron chi connectivity index (χ3n) is 4.19. The van der Waals surface area contributed by atoms with Crippen molar-refractivity contribution in [2.75, 3.05) is 32.1 Å². The Kier molecular flexibility index (Phi) is 7.79. The van der Waals surface area contributed by atoms with Crippen LogP contribution in [0.2, 0.25) is 0 Å². The summed E-state index contributed by atoms with van der Waals surface area (Å²) in [6, 6.07) is 13.8. The summed E-state index contributed by atoms with van der Waals surface area (Å²) < 4.78 is 2.08. The number of hydrogen-bond donors (Lipinski definition) is 0. The molecule has 0 atom stereocenters. The average Bonchev–Trinajstić information content (AvgIpc) is 3.04. The van der Waals surface area contributed by atoms with E-state index >= 15 is 0 Å². The fourth-order valence-electron chi connectivity index (χ4n) is 2.62. The highest BCUT2D eigenvalue weighted by Gasteiger charge is 2.21. The predicted octanol–water partition coefficient (Wildman–Crippen LogP) is 5.25. The Balaban J connectivity index is 0.00000261. The SMILES string of the molecule is CCc1ccc2nc(N(CCN(C)C)C(=O)c3ccc(Br)cc3)sc2c1.Cl. The first-order valence-corrected chi connectivity index (χ1v) is 10.2. The number of amides is 1. The van der Waals surface area contributed by atoms with Gasteiger partial charge in [-0.1, -0.05) is 40.3 Å². The predicted molar refractivity (Wildman–Crippen MR) is 121 cm³/mol. The van der Waals surface area contributed by atoms with Crippen LogP contribution in [0.25, 0.3) is 10.2 Å². The van der Waals surface area contributed by atoms with Gasteiger partial charge in [-0.05, 0) is 62.5 Å². The van der Waals surface area contributed by atoms with Crippen molar-refractivity contribution >= 4 is 60.9 Å². The highest BCUT2D eigenvalue weighted by Crippen LogP contribution is 2.30. The van der Waals surface area contributed by atoms with Gasteiger partial charge in [0.1, 0.15) is 0 Å². The summed E-state index contributed by atoms with van der Waals surface area (Å²) in [4.78, 5) is 21.7. The molecule has 0 aliphatic heterocycles. The molecule has 0 saturated heterocycles. The maximum Gasteiger partial charge on any atom is 0.260 e. The van der Waals surface area contributed by atoms with E-state index in [0.717, 1.165) is 32.8 Å². The molecular formula is C20H23BrClN3OS. The smallest absolute Gasteiger partial charge is 0.260 e. The standard InChI is InChI=1S/C20H22BrN3OS.ClH/c1-4-14-5-10-17-18(13-14)26-20(22-17)24(12-11-23(2)3)19(25)15-6-8-16(21)9-7-15;/h5-10,13H,4,11-12H2,1-3H3;1H. The second-order valence-electron chi connectivity index (χ2n) is 6.42. The first kappa shape index (κ1) is 21.8. The van der Waals surface area contributed by atoms with Gasteiger partial charge in [0.25, 0.3) is 5.91 Å². The molecule has 2 aromatic carbocycles. The highest BCUT2D eigenvalue weighted by molar-refractivity contribution is 9.10. The normalized spacial score (nSPS) is 10.9. The quantitative estimate of drug-likeness (QED) is 0.495. The third kappa shape index (κ3) is 5.29. The van der Waals surface area contributed by atoms with Crippen molar-refractivity contribution < 1.29 is 4.79 Å². The monoisotopic (exact) mass is 467 g/mol. The molecule has 0 radical (unpaired) electrons. The van der Waals surface area contributed by atoms with Crippen LogP contribution >= 0.6 is 39.7 Å². The summed E-state index contributed by atoms with van der Waals surface area (Å²) in [5.74, 6) is -0.0193. The molecule has 4 nitrogen and oxygen atoms in total. The van der Waals surface area contributed by atoms with Crippen LogP contribution in [0.3, 0.4) is 0 Å². The van der Waals surface area contributed by atoms with Gasteiger partial charge in [-0.25, -0.2) is 4.98 Å². The summed E-state index contributed by atoms with van der Waals surface area (Å²) in [5.41, 5.74) is 2.90. The van der Waals surface area contributed by atoms with E-state index in [0.29, 0.717) is 12.1 Å². The van der Waals surface area contributed by atoms with Gasteiger partial charge in [-0.3, -0.25) is 9.69 Å². The lowest BCUT2D eigenvalue weighted by Crippen LogP contribution is -2.36. The van der Waals surface area contributed by atoms with Gasteiger partial charge >= 0.3 is 0 Å². The molecule has 0 bridgehead atoms. The zero-order valence-electron chi connectivity index (χ0n) is 15.6. The van der Waals surface area contributed by atoms with Crippen LogP contribution in [0.4, 0.5) is 5.13 Å². The molecule has 144 valence electrons. The number of halogens is 2. The Hall–Kier alpha value is -1.47. The Labute approximate surface area is 178 Å². The average molecular weight is 469 g/mol. The molecule has 7 heteroatoms. The van der Waals surface area contributed by atoms with Gasteiger partial charge in [0.2, 0.25) is 0 Å². The van der Waals surface area contributed by atoms with Crippen LogP contribution in [0.5, 0.6) is 0 Å². The minimum atomic E-state index is -0.0193. The number of rotatable bonds is 6. The second kappa shape index (κ2) is 9.64. The van der Waals surface area contributed by atoms with E-state index in [9.17, 15) is 4.79 Å². The number of aromatic nitrogens is 1. The second-order valence-corrected chi connectivity index (χ2v) is 8.34. The zero-order valence-corrected chi connectivity index (χ0v) is 18.8. The van der Waals surface area contributed by atoms with Crippen LogP contribution in [-0.4, -0.2) is 43.0 Å². The molecule has 0 spiro atoms. The van der Waals surface area contributed by atoms with E-state index in [1.54, 1.807) is 16.2 Å². The number of likely N-dealkylation sites (N-methyl/N-ethyl adjacent to an activating group) is 1. The van der Waals surface area contributed by atoms with Crippen LogP contribution in [0.15, 0.2) is 46.9 Å². The van der Waals surface area contributed by atoms with Crippen LogP contribution < -0.4 is 4.90 Å². The van der Waals surface area contributed by atoms with Crippen molar-refractivity contribution in [1.82, 2.24) is 9.88 Å². The number of carbonyl (C=O) groups excluding carboxylic acids is 1. The van der Waals surface area contributed by atoms with Gasteiger partial charge < -0.3 is 4.90 Å². The number of fused-ring (bicyclic) bond motifs is 1. The Morgan fingerprint density at radius 2 is 1.81 bits per heavy atom. The Morgan fingerprint density at radius 3 is 2.44 bits per heavy atom. The molecule has 0 N–H and O–H groups in total. The molecule has 1 heterocycles. The molecule has 3 rings (SSSR count). The molecule has 0 unspecified atom stereocenters. The summed E-state index contributed by atoms with van der Waals surface area (Å²) >= 11 is 5.00. The summed E-state index contributed by atoms with van der Waals surface area (Å²) in [6.07, 6.45) is 0.991. The van der Waals surface area contributed by atoms with Gasteiger partial charge in [0, 0.05) is 23.1 Å². The van der Waals surface area contributed by atoms with E-state index in [4.69, 9.17) is 4.98 Å². The number of aryl methyl sites for hydroxylation is 1. The summed E-state index contributed by atoms with van der Waals surface area (Å²) in [6.45, 7) is 3.52. The van der Waals surface area contributed by atoms with Crippen molar-refractivity contribution in [2.24, 2.45) is 0 Å². The molecule has 27 heavy (non-hydrogen) atoms. The fourth-order valence-corrected chi connectivity index (χ4v) is 3.94. The number of anilines is 1. The molecular weight excluding hydrogens is 446 g/mol. The topological polar surface area (TPSA) is 36.4 Å². The molecule has 1 aromatic heterocycles. The minimum absolute atomic E-state index is 0. The lowest BCUT2D eigenvalue weighted by molar-refractivity contribution is 0.0985. The van der Waals surface area contributed by atoms with Crippen LogP contribution in [-0.2, 0) is 6.42 Å². The molecule has 0 fully saturated rings. The van der Waals surface area contributed by atoms with Gasteiger partial charge in [-0.15, -0.1) is 12.4 Å². The van der Waals surface area contributed by atoms with Crippen molar-refractivity contribution in [2.45, 2.75) is 13.3 Å². The van der Waals surface area contributed by atoms with Crippen molar-refractivity contribution in [3.63, 3.8) is 0 Å². The maximum atomic E-state index is 13.1. The van der Waals surface area contributed by atoms with Crippen molar-refractivity contribution in [3.8, 4) is 0 Å². The molecule has 0 aliphatic rings. The Morgan fingerprint density at radius 1 is 1.11 bits per heavy atom. The van der Waals surface area contributed by atoms with Crippen molar-refractivity contribution in [3.05, 3.63) is 58.1 Å². The number of hydrogen-bond acceptors (Lipinski definition) is 4. The van der Waals surface area contributed by atoms with E-state index in [-0.39, 0.29) is 18.3 Å². The lowest BCUT2D eigenvalue weighted by Gasteiger charge is -2.22. The van der Waals surface area contributed by atoms with Gasteiger partial charge in [0.15, 0.2) is 5.13 Å². The molecule has 1 amide bonds. The van der Waals surface area contributed by atoms with E-state index in [2.05, 4.69) is 39.9 Å². The van der Waals surface area contributed by atoms with Crippen molar-refractivity contribution in [1.29, 1.82) is 0 Å². The van der Waals surface area contributed by atoms with E-state index in [1.807, 2.05) is 44.4 Å². The largest absolute Gasteiger partial charge is 0.308 e. The first-order valence-electron chi connectivity index (χ1n) is 8.59. The summed E-state index contributed by atoms with van der Waals surface area (Å²) in [7, 11) is 4.02. The van der Waals surface area contributed by atoms with E-state index in [1.165, 1.54) is 5.56 Å². The maximum absolute atomic E-state index is 13.1. The minimum Gasteiger partial charge on any atom is -0.308 e. The third-order valence-corrected chi connectivity index (χ3v) is 5.76. The lowest BCUT2D eigenvalue weighted by atomic mass is 10.2. The van der Waals surface area contributed by atoms with Gasteiger partial charge in [0.05, 0.1) is 10.2 Å². The summed E-state index contributed by atoms with van der Waals surface area (Å²) in [5, 5.41) is 0.753. The zero-order chi connectivity index (χ0) is 18.7. The number of benzene rings is 2. The molecule has 3 aromatic rings. The van der Waals surface area contributed by atoms with Crippen LogP contribution in [0.1, 0.15) is 22.8 Å². The van der Waals surface area contributed by atoms with Crippen LogP contribution in [0, 0.1) is 0 Å². The Bertz CT molecular complexity index is 911. The number of carbonyl (C=O) groups is 1. The molecule has 0 aliphatic carbocycles.